The standard InChI is InChI=1S/C31H37.C10H15.C9H10.2ClH.Zr/c1-28(2,3)26-16-30(7,8)24-12-18-11-19-13-25-23(15-21(19)20(18)14-22(24)26)27(29(4,5)6)17-31(25,9)10;1-8-5-6-9(7-8)10(2,3)4;1-2-6-9-7-4-3-5-8-9;;;/h11-17H,1-10H3;6-8H,1-4H3;3-5,7-8H,2H2,1H3;2*1H;/q;;;;;+2/p-2. The van der Waals surface area contributed by atoms with E-state index in [1.54, 1.807) is 17.6 Å². The van der Waals surface area contributed by atoms with Crippen molar-refractivity contribution in [1.29, 1.82) is 0 Å². The number of rotatable bonds is 4. The van der Waals surface area contributed by atoms with Crippen LogP contribution in [0.4, 0.5) is 0 Å². The van der Waals surface area contributed by atoms with Crippen molar-refractivity contribution in [3.63, 3.8) is 0 Å². The number of allylic oxidation sites excluding steroid dienone is 8. The van der Waals surface area contributed by atoms with E-state index in [1.807, 2.05) is 0 Å². The van der Waals surface area contributed by atoms with Gasteiger partial charge in [-0.15, -0.1) is 0 Å². The van der Waals surface area contributed by atoms with Crippen molar-refractivity contribution in [2.45, 2.75) is 125 Å². The summed E-state index contributed by atoms with van der Waals surface area (Å²) in [4.78, 5) is 0. The zero-order valence-electron chi connectivity index (χ0n) is 35.1. The van der Waals surface area contributed by atoms with Crippen molar-refractivity contribution >= 4 is 14.4 Å². The molecule has 0 bridgehead atoms. The van der Waals surface area contributed by atoms with E-state index in [0.717, 1.165) is 6.42 Å². The largest absolute Gasteiger partial charge is 1.00 e. The third-order valence-corrected chi connectivity index (χ3v) is 21.5. The van der Waals surface area contributed by atoms with E-state index < -0.39 is 21.3 Å². The van der Waals surface area contributed by atoms with Crippen molar-refractivity contribution < 1.29 is 46.1 Å². The van der Waals surface area contributed by atoms with Crippen LogP contribution >= 0.6 is 0 Å². The van der Waals surface area contributed by atoms with Gasteiger partial charge in [0.25, 0.3) is 0 Å². The first kappa shape index (κ1) is 42.1. The predicted octanol–water partition coefficient (Wildman–Crippen LogP) is 7.96. The van der Waals surface area contributed by atoms with E-state index in [4.69, 9.17) is 0 Å². The average Bonchev–Trinajstić information content (AvgIpc) is 3.72. The molecule has 4 aliphatic carbocycles. The van der Waals surface area contributed by atoms with Crippen LogP contribution in [0.15, 0.2) is 87.8 Å². The minimum Gasteiger partial charge on any atom is -1.00 e. The van der Waals surface area contributed by atoms with Crippen LogP contribution in [0.3, 0.4) is 0 Å². The van der Waals surface area contributed by atoms with Gasteiger partial charge in [-0.25, -0.2) is 0 Å². The van der Waals surface area contributed by atoms with Crippen LogP contribution in [0.25, 0.3) is 22.3 Å². The maximum Gasteiger partial charge on any atom is -1.00 e. The molecule has 3 aromatic carbocycles. The average molecular weight is 825 g/mol. The van der Waals surface area contributed by atoms with Crippen LogP contribution in [0.2, 0.25) is 0 Å². The number of hydrogen-bond acceptors (Lipinski definition) is 0. The van der Waals surface area contributed by atoms with Gasteiger partial charge in [0.2, 0.25) is 0 Å². The number of fused-ring (bicyclic) bond motifs is 5. The molecule has 0 spiro atoms. The Morgan fingerprint density at radius 2 is 1.09 bits per heavy atom. The first-order valence-electron chi connectivity index (χ1n) is 19.6. The number of halogens is 2. The quantitative estimate of drug-likeness (QED) is 0.251. The molecule has 1 atom stereocenters. The molecule has 0 heterocycles. The monoisotopic (exact) mass is 822 g/mol. The fourth-order valence-electron chi connectivity index (χ4n) is 9.64. The van der Waals surface area contributed by atoms with E-state index in [2.05, 4.69) is 183 Å². The van der Waals surface area contributed by atoms with Gasteiger partial charge < -0.3 is 24.8 Å². The molecular formula is C50H62Cl2Zr. The first-order valence-corrected chi connectivity index (χ1v) is 23.5. The van der Waals surface area contributed by atoms with Crippen LogP contribution in [0.5, 0.6) is 0 Å². The molecule has 0 radical (unpaired) electrons. The van der Waals surface area contributed by atoms with Gasteiger partial charge in [-0.2, -0.15) is 0 Å². The van der Waals surface area contributed by atoms with Crippen LogP contribution in [-0.2, 0) is 32.1 Å². The van der Waals surface area contributed by atoms with Gasteiger partial charge in [-0.1, -0.05) is 0 Å². The minimum atomic E-state index is -2.75. The zero-order chi connectivity index (χ0) is 37.2. The number of hydrogen-bond donors (Lipinski definition) is 0. The van der Waals surface area contributed by atoms with Gasteiger partial charge in [0, 0.05) is 0 Å². The molecule has 0 aromatic heterocycles. The van der Waals surface area contributed by atoms with Crippen LogP contribution in [0, 0.1) is 22.2 Å². The molecule has 0 aliphatic heterocycles. The summed E-state index contributed by atoms with van der Waals surface area (Å²) in [6, 6.07) is 22.3. The smallest absolute Gasteiger partial charge is 1.00 e. The fraction of sp³-hybridized carbons (Fsp3) is 0.460. The Kier molecular flexibility index (Phi) is 11.0. The van der Waals surface area contributed by atoms with Crippen molar-refractivity contribution in [3.05, 3.63) is 127 Å². The van der Waals surface area contributed by atoms with E-state index in [1.165, 1.54) is 55.7 Å². The Morgan fingerprint density at radius 3 is 1.47 bits per heavy atom. The second-order valence-corrected chi connectivity index (χ2v) is 26.7. The molecule has 280 valence electrons. The Balaban J connectivity index is 0.00000271. The van der Waals surface area contributed by atoms with Gasteiger partial charge in [0.15, 0.2) is 0 Å². The Bertz CT molecular complexity index is 2030. The summed E-state index contributed by atoms with van der Waals surface area (Å²) in [6.45, 7) is 36.3. The molecule has 0 nitrogen and oxygen atoms in total. The van der Waals surface area contributed by atoms with Gasteiger partial charge >= 0.3 is 320 Å². The number of benzene rings is 3. The molecule has 1 unspecified atom stereocenters. The topological polar surface area (TPSA) is 0 Å². The second kappa shape index (κ2) is 13.9. The third kappa shape index (κ3) is 7.02. The molecule has 3 heteroatoms. The summed E-state index contributed by atoms with van der Waals surface area (Å²) in [5.41, 5.74) is 18.5. The van der Waals surface area contributed by atoms with Crippen molar-refractivity contribution in [2.75, 3.05) is 0 Å². The van der Waals surface area contributed by atoms with E-state index in [0.29, 0.717) is 9.54 Å². The van der Waals surface area contributed by atoms with Crippen molar-refractivity contribution in [2.24, 2.45) is 22.2 Å². The molecule has 0 saturated heterocycles. The normalized spacial score (nSPS) is 19.8. The molecule has 0 saturated carbocycles. The van der Waals surface area contributed by atoms with Gasteiger partial charge in [-0.05, 0) is 0 Å². The van der Waals surface area contributed by atoms with Crippen molar-refractivity contribution in [3.8, 4) is 11.1 Å². The maximum atomic E-state index is 2.72. The van der Waals surface area contributed by atoms with E-state index in [-0.39, 0.29) is 51.9 Å². The molecule has 4 aliphatic rings. The molecule has 53 heavy (non-hydrogen) atoms. The second-order valence-electron chi connectivity index (χ2n) is 20.3. The van der Waals surface area contributed by atoms with Gasteiger partial charge in [-0.3, -0.25) is 0 Å². The zero-order valence-corrected chi connectivity index (χ0v) is 39.1. The van der Waals surface area contributed by atoms with Crippen LogP contribution in [-0.4, -0.2) is 3.21 Å². The van der Waals surface area contributed by atoms with Gasteiger partial charge in [0.1, 0.15) is 0 Å². The van der Waals surface area contributed by atoms with Crippen LogP contribution < -0.4 is 24.8 Å². The maximum absolute atomic E-state index is 2.75. The molecule has 7 rings (SSSR count). The Morgan fingerprint density at radius 1 is 0.642 bits per heavy atom. The molecular weight excluding hydrogens is 763 g/mol. The van der Waals surface area contributed by atoms with Gasteiger partial charge in [0.05, 0.1) is 0 Å². The summed E-state index contributed by atoms with van der Waals surface area (Å²) in [5, 5.41) is 0. The predicted molar refractivity (Wildman–Crippen MR) is 220 cm³/mol. The van der Waals surface area contributed by atoms with Crippen LogP contribution in [0.1, 0.15) is 153 Å². The summed E-state index contributed by atoms with van der Waals surface area (Å²) in [6.07, 6.45) is 11.6. The molecule has 0 amide bonds. The third-order valence-electron chi connectivity index (χ3n) is 12.4. The van der Waals surface area contributed by atoms with Crippen molar-refractivity contribution in [1.82, 2.24) is 0 Å². The van der Waals surface area contributed by atoms with E-state index in [9.17, 15) is 0 Å². The summed E-state index contributed by atoms with van der Waals surface area (Å²) in [5.74, 6) is 0.464. The summed E-state index contributed by atoms with van der Waals surface area (Å²) in [7, 11) is 0. The summed E-state index contributed by atoms with van der Waals surface area (Å²) < 4.78 is 3.95. The molecule has 0 fully saturated rings. The Labute approximate surface area is 342 Å². The molecule has 0 N–H and O–H groups in total. The minimum absolute atomic E-state index is 0. The molecule has 3 aromatic rings. The summed E-state index contributed by atoms with van der Waals surface area (Å²) >= 11 is -2.75. The van der Waals surface area contributed by atoms with E-state index >= 15 is 0 Å². The SMILES string of the molecule is CC/[C](c1ccccc1)=[Zr+2](/[C]1=CC(C(C)(C)C)=CC1C)[CH]1c2cc3c(cc2-c2cc4c(cc21)C(C)(C)C=C4C(C)(C)C)C(C(C)(C)C)=CC3(C)C.[Cl-].[Cl-]. The first-order chi connectivity index (χ1) is 23.5. The fourth-order valence-corrected chi connectivity index (χ4v) is 19.2. The Hall–Kier alpha value is -2.05.